The van der Waals surface area contributed by atoms with Gasteiger partial charge < -0.3 is 0 Å². The highest BCUT2D eigenvalue weighted by atomic mass is 16.2. The van der Waals surface area contributed by atoms with Crippen LogP contribution in [0.4, 0.5) is 0 Å². The molecule has 3 rings (SSSR count). The third kappa shape index (κ3) is 3.71. The van der Waals surface area contributed by atoms with Crippen molar-refractivity contribution in [2.45, 2.75) is 25.4 Å². The summed E-state index contributed by atoms with van der Waals surface area (Å²) in [5, 5.41) is 0. The predicted octanol–water partition coefficient (Wildman–Crippen LogP) is 2.49. The summed E-state index contributed by atoms with van der Waals surface area (Å²) >= 11 is 0. The first-order chi connectivity index (χ1) is 11.6. The zero-order chi connectivity index (χ0) is 16.9. The maximum Gasteiger partial charge on any atom is 0.247 e. The van der Waals surface area contributed by atoms with Gasteiger partial charge in [0.1, 0.15) is 0 Å². The highest BCUT2D eigenvalue weighted by molar-refractivity contribution is 6.05. The number of likely N-dealkylation sites (N-methyl/N-ethyl adjacent to an activating group) is 1. The number of hydrogen-bond donors (Lipinski definition) is 0. The minimum absolute atomic E-state index is 0.0687. The number of nitrogens with zero attached hydrogens (tertiary/aromatic N) is 2. The van der Waals surface area contributed by atoms with Crippen LogP contribution in [-0.2, 0) is 22.6 Å². The maximum absolute atomic E-state index is 12.6. The van der Waals surface area contributed by atoms with Gasteiger partial charge in [0.15, 0.2) is 0 Å². The molecular weight excluding hydrogens is 300 g/mol. The Labute approximate surface area is 142 Å². The van der Waals surface area contributed by atoms with Crippen molar-refractivity contribution in [2.24, 2.45) is 0 Å². The quantitative estimate of drug-likeness (QED) is 0.767. The Hall–Kier alpha value is -2.46. The highest BCUT2D eigenvalue weighted by Crippen LogP contribution is 2.20. The summed E-state index contributed by atoms with van der Waals surface area (Å²) in [5.41, 5.74) is 2.28. The van der Waals surface area contributed by atoms with E-state index in [1.165, 1.54) is 4.90 Å². The summed E-state index contributed by atoms with van der Waals surface area (Å²) in [6.07, 6.45) is 0.977. The molecule has 124 valence electrons. The van der Waals surface area contributed by atoms with E-state index in [1.54, 1.807) is 0 Å². The van der Waals surface area contributed by atoms with Gasteiger partial charge in [-0.3, -0.25) is 19.4 Å². The fraction of sp³-hybridized carbons (Fsp3) is 0.300. The summed E-state index contributed by atoms with van der Waals surface area (Å²) in [6, 6.07) is 19.6. The van der Waals surface area contributed by atoms with Crippen LogP contribution in [-0.4, -0.2) is 41.2 Å². The van der Waals surface area contributed by atoms with Crippen molar-refractivity contribution in [1.82, 2.24) is 9.80 Å². The topological polar surface area (TPSA) is 40.6 Å². The van der Waals surface area contributed by atoms with Gasteiger partial charge in [0.25, 0.3) is 0 Å². The lowest BCUT2D eigenvalue weighted by Gasteiger charge is -2.23. The number of hydrogen-bond acceptors (Lipinski definition) is 3. The van der Waals surface area contributed by atoms with Crippen LogP contribution in [0.15, 0.2) is 60.7 Å². The Morgan fingerprint density at radius 2 is 1.54 bits per heavy atom. The lowest BCUT2D eigenvalue weighted by molar-refractivity contribution is -0.139. The molecule has 0 radical (unpaired) electrons. The molecule has 0 bridgehead atoms. The van der Waals surface area contributed by atoms with Crippen molar-refractivity contribution < 1.29 is 9.59 Å². The fourth-order valence-corrected chi connectivity index (χ4v) is 3.11. The minimum atomic E-state index is -0.353. The molecule has 1 unspecified atom stereocenters. The molecule has 2 aromatic carbocycles. The molecular formula is C20H22N2O2. The van der Waals surface area contributed by atoms with Crippen molar-refractivity contribution in [3.63, 3.8) is 0 Å². The van der Waals surface area contributed by atoms with E-state index in [4.69, 9.17) is 0 Å². The number of likely N-dealkylation sites (tertiary alicyclic amines) is 1. The van der Waals surface area contributed by atoms with Crippen molar-refractivity contribution in [3.05, 3.63) is 71.8 Å². The number of benzene rings is 2. The van der Waals surface area contributed by atoms with Crippen LogP contribution in [0.1, 0.15) is 17.5 Å². The van der Waals surface area contributed by atoms with Gasteiger partial charge in [-0.05, 0) is 24.6 Å². The standard InChI is InChI=1S/C20H22N2O2/c1-21(15-17-10-6-3-7-11-17)18-14-19(23)22(20(18)24)13-12-16-8-4-2-5-9-16/h2-11,18H,12-15H2,1H3. The summed E-state index contributed by atoms with van der Waals surface area (Å²) in [5.74, 6) is -0.143. The molecule has 0 saturated carbocycles. The van der Waals surface area contributed by atoms with Crippen molar-refractivity contribution in [3.8, 4) is 0 Å². The van der Waals surface area contributed by atoms with Crippen LogP contribution in [0.5, 0.6) is 0 Å². The number of rotatable bonds is 6. The normalized spacial score (nSPS) is 17.8. The zero-order valence-electron chi connectivity index (χ0n) is 13.9. The van der Waals surface area contributed by atoms with Crippen molar-refractivity contribution in [2.75, 3.05) is 13.6 Å². The Bertz CT molecular complexity index is 700. The van der Waals surface area contributed by atoms with Gasteiger partial charge in [0.05, 0.1) is 12.5 Å². The van der Waals surface area contributed by atoms with Crippen LogP contribution in [0.25, 0.3) is 0 Å². The first kappa shape index (κ1) is 16.4. The van der Waals surface area contributed by atoms with E-state index in [0.29, 0.717) is 19.5 Å². The van der Waals surface area contributed by atoms with E-state index in [2.05, 4.69) is 0 Å². The lowest BCUT2D eigenvalue weighted by Crippen LogP contribution is -2.40. The first-order valence-corrected chi connectivity index (χ1v) is 8.27. The molecule has 0 spiro atoms. The van der Waals surface area contributed by atoms with Crippen molar-refractivity contribution >= 4 is 11.8 Å². The second kappa shape index (κ2) is 7.41. The van der Waals surface area contributed by atoms with Crippen LogP contribution >= 0.6 is 0 Å². The molecule has 1 atom stereocenters. The fourth-order valence-electron chi connectivity index (χ4n) is 3.11. The molecule has 24 heavy (non-hydrogen) atoms. The van der Waals surface area contributed by atoms with Gasteiger partial charge >= 0.3 is 0 Å². The van der Waals surface area contributed by atoms with E-state index >= 15 is 0 Å². The van der Waals surface area contributed by atoms with E-state index in [-0.39, 0.29) is 24.3 Å². The van der Waals surface area contributed by atoms with Crippen LogP contribution in [0, 0.1) is 0 Å². The first-order valence-electron chi connectivity index (χ1n) is 8.27. The number of imide groups is 1. The molecule has 1 fully saturated rings. The smallest absolute Gasteiger partial charge is 0.247 e. The Morgan fingerprint density at radius 1 is 0.958 bits per heavy atom. The van der Waals surface area contributed by atoms with Crippen LogP contribution < -0.4 is 0 Å². The summed E-state index contributed by atoms with van der Waals surface area (Å²) in [7, 11) is 1.91. The number of carbonyl (C=O) groups excluding carboxylic acids is 2. The van der Waals surface area contributed by atoms with Crippen LogP contribution in [0.2, 0.25) is 0 Å². The molecule has 1 aliphatic rings. The second-order valence-electron chi connectivity index (χ2n) is 6.24. The molecule has 2 aromatic rings. The summed E-state index contributed by atoms with van der Waals surface area (Å²) in [4.78, 5) is 28.3. The van der Waals surface area contributed by atoms with Gasteiger partial charge in [-0.1, -0.05) is 60.7 Å². The third-order valence-electron chi connectivity index (χ3n) is 4.49. The molecule has 0 N–H and O–H groups in total. The molecule has 1 heterocycles. The molecule has 1 aliphatic heterocycles. The van der Waals surface area contributed by atoms with E-state index in [9.17, 15) is 9.59 Å². The van der Waals surface area contributed by atoms with E-state index < -0.39 is 0 Å². The molecule has 2 amide bonds. The summed E-state index contributed by atoms with van der Waals surface area (Å²) < 4.78 is 0. The Kier molecular flexibility index (Phi) is 5.06. The van der Waals surface area contributed by atoms with Gasteiger partial charge in [0.2, 0.25) is 11.8 Å². The molecule has 0 aromatic heterocycles. The van der Waals surface area contributed by atoms with Gasteiger partial charge in [0, 0.05) is 13.1 Å². The second-order valence-corrected chi connectivity index (χ2v) is 6.24. The largest absolute Gasteiger partial charge is 0.290 e. The minimum Gasteiger partial charge on any atom is -0.290 e. The molecule has 4 heteroatoms. The predicted molar refractivity (Wildman–Crippen MR) is 93.2 cm³/mol. The van der Waals surface area contributed by atoms with E-state index in [0.717, 1.165) is 11.1 Å². The number of amides is 2. The molecule has 4 nitrogen and oxygen atoms in total. The maximum atomic E-state index is 12.6. The zero-order valence-corrected chi connectivity index (χ0v) is 13.9. The average molecular weight is 322 g/mol. The van der Waals surface area contributed by atoms with Crippen molar-refractivity contribution in [1.29, 1.82) is 0 Å². The van der Waals surface area contributed by atoms with Gasteiger partial charge in [-0.2, -0.15) is 0 Å². The third-order valence-corrected chi connectivity index (χ3v) is 4.49. The monoisotopic (exact) mass is 322 g/mol. The molecule has 0 aliphatic carbocycles. The molecule has 1 saturated heterocycles. The SMILES string of the molecule is CN(Cc1ccccc1)C1CC(=O)N(CCc2ccccc2)C1=O. The van der Waals surface area contributed by atoms with Gasteiger partial charge in [-0.15, -0.1) is 0 Å². The van der Waals surface area contributed by atoms with E-state index in [1.807, 2.05) is 72.6 Å². The lowest BCUT2D eigenvalue weighted by atomic mass is 10.1. The van der Waals surface area contributed by atoms with Crippen LogP contribution in [0.3, 0.4) is 0 Å². The Balaban J connectivity index is 1.61. The highest BCUT2D eigenvalue weighted by Gasteiger charge is 2.40. The number of carbonyl (C=O) groups is 2. The van der Waals surface area contributed by atoms with Gasteiger partial charge in [-0.25, -0.2) is 0 Å². The Morgan fingerprint density at radius 3 is 2.17 bits per heavy atom. The summed E-state index contributed by atoms with van der Waals surface area (Å²) in [6.45, 7) is 1.12. The average Bonchev–Trinajstić information content (AvgIpc) is 2.89.